The molecule has 0 unspecified atom stereocenters. The summed E-state index contributed by atoms with van der Waals surface area (Å²) in [6.07, 6.45) is 3.39. The van der Waals surface area contributed by atoms with E-state index < -0.39 is 0 Å². The molecule has 6 nitrogen and oxygen atoms in total. The largest absolute Gasteiger partial charge is 0.324 e. The van der Waals surface area contributed by atoms with Crippen molar-refractivity contribution in [2.45, 2.75) is 19.3 Å². The summed E-state index contributed by atoms with van der Waals surface area (Å²) >= 11 is 1.45. The van der Waals surface area contributed by atoms with E-state index in [0.29, 0.717) is 18.7 Å². The fraction of sp³-hybridized carbons (Fsp3) is 0.174. The highest BCUT2D eigenvalue weighted by atomic mass is 32.1. The highest BCUT2D eigenvalue weighted by molar-refractivity contribution is 7.15. The number of anilines is 2. The second kappa shape index (κ2) is 7.96. The Kier molecular flexibility index (Phi) is 4.99. The Morgan fingerprint density at radius 1 is 1.16 bits per heavy atom. The van der Waals surface area contributed by atoms with Crippen LogP contribution in [0.3, 0.4) is 0 Å². The van der Waals surface area contributed by atoms with Crippen molar-refractivity contribution in [2.24, 2.45) is 0 Å². The van der Waals surface area contributed by atoms with Crippen LogP contribution in [0.25, 0.3) is 16.2 Å². The van der Waals surface area contributed by atoms with Crippen LogP contribution in [0.5, 0.6) is 0 Å². The first-order valence-electron chi connectivity index (χ1n) is 9.99. The van der Waals surface area contributed by atoms with Crippen molar-refractivity contribution in [1.29, 1.82) is 0 Å². The third-order valence-corrected chi connectivity index (χ3v) is 6.20. The quantitative estimate of drug-likeness (QED) is 0.503. The molecule has 2 amide bonds. The standard InChI is InChI=1S/C23H19FN4O2S/c24-16-9-7-15(8-10-16)19-13-28-17(14-31-23(28)26-19)12-21(29)25-18-4-1-2-5-20(18)27-11-3-6-22(27)30/h1-2,4-5,7-10,13-14H,3,6,11-12H2,(H,25,29). The molecule has 0 spiro atoms. The van der Waals surface area contributed by atoms with Crippen molar-refractivity contribution in [3.63, 3.8) is 0 Å². The fourth-order valence-corrected chi connectivity index (χ4v) is 4.67. The lowest BCUT2D eigenvalue weighted by Gasteiger charge is -2.19. The van der Waals surface area contributed by atoms with Crippen LogP contribution in [-0.2, 0) is 16.0 Å². The topological polar surface area (TPSA) is 66.7 Å². The molecular weight excluding hydrogens is 415 g/mol. The molecule has 3 heterocycles. The van der Waals surface area contributed by atoms with E-state index in [1.165, 1.54) is 23.5 Å². The van der Waals surface area contributed by atoms with E-state index in [1.807, 2.05) is 40.2 Å². The summed E-state index contributed by atoms with van der Waals surface area (Å²) in [6, 6.07) is 13.5. The summed E-state index contributed by atoms with van der Waals surface area (Å²) in [7, 11) is 0. The second-order valence-corrected chi connectivity index (χ2v) is 8.24. The molecule has 1 aliphatic rings. The van der Waals surface area contributed by atoms with Gasteiger partial charge in [0.15, 0.2) is 4.96 Å². The maximum atomic E-state index is 13.2. The summed E-state index contributed by atoms with van der Waals surface area (Å²) in [5.41, 5.74) is 3.72. The van der Waals surface area contributed by atoms with E-state index in [-0.39, 0.29) is 24.1 Å². The summed E-state index contributed by atoms with van der Waals surface area (Å²) < 4.78 is 15.1. The Morgan fingerprint density at radius 2 is 1.97 bits per heavy atom. The second-order valence-electron chi connectivity index (χ2n) is 7.40. The smallest absolute Gasteiger partial charge is 0.230 e. The van der Waals surface area contributed by atoms with E-state index in [1.54, 1.807) is 17.0 Å². The van der Waals surface area contributed by atoms with Crippen LogP contribution in [0.2, 0.25) is 0 Å². The summed E-state index contributed by atoms with van der Waals surface area (Å²) in [5, 5.41) is 4.86. The van der Waals surface area contributed by atoms with Crippen LogP contribution >= 0.6 is 11.3 Å². The van der Waals surface area contributed by atoms with E-state index in [2.05, 4.69) is 10.3 Å². The zero-order valence-electron chi connectivity index (χ0n) is 16.5. The Morgan fingerprint density at radius 3 is 2.74 bits per heavy atom. The monoisotopic (exact) mass is 434 g/mol. The lowest BCUT2D eigenvalue weighted by atomic mass is 10.2. The molecule has 1 saturated heterocycles. The average Bonchev–Trinajstić information content (AvgIpc) is 3.46. The van der Waals surface area contributed by atoms with Gasteiger partial charge in [-0.05, 0) is 42.8 Å². The highest BCUT2D eigenvalue weighted by Gasteiger charge is 2.24. The van der Waals surface area contributed by atoms with Gasteiger partial charge in [0.25, 0.3) is 0 Å². The van der Waals surface area contributed by atoms with Gasteiger partial charge in [0, 0.05) is 35.8 Å². The summed E-state index contributed by atoms with van der Waals surface area (Å²) in [5.74, 6) is -0.387. The number of aromatic nitrogens is 2. The first-order valence-corrected chi connectivity index (χ1v) is 10.9. The van der Waals surface area contributed by atoms with E-state index >= 15 is 0 Å². The number of halogens is 1. The third-order valence-electron chi connectivity index (χ3n) is 5.31. The number of carbonyl (C=O) groups is 2. The number of rotatable bonds is 5. The first-order chi connectivity index (χ1) is 15.1. The van der Waals surface area contributed by atoms with Crippen LogP contribution < -0.4 is 10.2 Å². The minimum Gasteiger partial charge on any atom is -0.324 e. The van der Waals surface area contributed by atoms with Crippen molar-refractivity contribution in [2.75, 3.05) is 16.8 Å². The molecule has 0 radical (unpaired) electrons. The molecule has 2 aromatic carbocycles. The minimum absolute atomic E-state index is 0.0768. The predicted octanol–water partition coefficient (Wildman–Crippen LogP) is 4.51. The molecule has 1 aliphatic heterocycles. The van der Waals surface area contributed by atoms with Gasteiger partial charge in [-0.3, -0.25) is 14.0 Å². The number of para-hydroxylation sites is 2. The van der Waals surface area contributed by atoms with Crippen molar-refractivity contribution in [1.82, 2.24) is 9.38 Å². The van der Waals surface area contributed by atoms with E-state index in [4.69, 9.17) is 0 Å². The molecule has 8 heteroatoms. The van der Waals surface area contributed by atoms with Crippen molar-refractivity contribution in [3.8, 4) is 11.3 Å². The Labute approximate surface area is 182 Å². The number of fused-ring (bicyclic) bond motifs is 1. The molecular formula is C23H19FN4O2S. The van der Waals surface area contributed by atoms with Crippen molar-refractivity contribution in [3.05, 3.63) is 71.6 Å². The Hall–Kier alpha value is -3.52. The number of nitrogens with zero attached hydrogens (tertiary/aromatic N) is 3. The Bertz CT molecular complexity index is 1280. The third kappa shape index (κ3) is 3.82. The number of imidazole rings is 1. The van der Waals surface area contributed by atoms with Gasteiger partial charge in [-0.1, -0.05) is 12.1 Å². The number of thiazole rings is 1. The highest BCUT2D eigenvalue weighted by Crippen LogP contribution is 2.30. The van der Waals surface area contributed by atoms with E-state index in [9.17, 15) is 14.0 Å². The van der Waals surface area contributed by atoms with Crippen LogP contribution in [0.1, 0.15) is 18.5 Å². The van der Waals surface area contributed by atoms with Crippen molar-refractivity contribution < 1.29 is 14.0 Å². The minimum atomic E-state index is -0.293. The zero-order valence-corrected chi connectivity index (χ0v) is 17.4. The maximum Gasteiger partial charge on any atom is 0.230 e. The zero-order chi connectivity index (χ0) is 21.4. The van der Waals surface area contributed by atoms with Crippen LogP contribution in [0.4, 0.5) is 15.8 Å². The maximum absolute atomic E-state index is 13.2. The van der Waals surface area contributed by atoms with Crippen LogP contribution in [0, 0.1) is 5.82 Å². The number of benzene rings is 2. The predicted molar refractivity (Wildman–Crippen MR) is 119 cm³/mol. The van der Waals surface area contributed by atoms with Crippen molar-refractivity contribution >= 4 is 39.5 Å². The SMILES string of the molecule is O=C(Cc1csc2nc(-c3ccc(F)cc3)cn12)Nc1ccccc1N1CCCC1=O. The van der Waals surface area contributed by atoms with Gasteiger partial charge in [-0.2, -0.15) is 0 Å². The lowest BCUT2D eigenvalue weighted by Crippen LogP contribution is -2.26. The molecule has 1 N–H and O–H groups in total. The molecule has 2 aromatic heterocycles. The van der Waals surface area contributed by atoms with Gasteiger partial charge < -0.3 is 10.2 Å². The molecule has 1 fully saturated rings. The molecule has 0 saturated carbocycles. The van der Waals surface area contributed by atoms with Crippen LogP contribution in [-0.4, -0.2) is 27.7 Å². The average molecular weight is 434 g/mol. The molecule has 0 bridgehead atoms. The van der Waals surface area contributed by atoms with Gasteiger partial charge in [-0.15, -0.1) is 11.3 Å². The number of amides is 2. The van der Waals surface area contributed by atoms with Gasteiger partial charge in [0.05, 0.1) is 23.5 Å². The first kappa shape index (κ1) is 19.4. The number of hydrogen-bond donors (Lipinski definition) is 1. The number of carbonyl (C=O) groups excluding carboxylic acids is 2. The Balaban J connectivity index is 1.36. The number of nitrogens with one attached hydrogen (secondary N) is 1. The lowest BCUT2D eigenvalue weighted by molar-refractivity contribution is -0.117. The normalized spacial score (nSPS) is 13.8. The van der Waals surface area contributed by atoms with Gasteiger partial charge >= 0.3 is 0 Å². The molecule has 31 heavy (non-hydrogen) atoms. The van der Waals surface area contributed by atoms with Gasteiger partial charge in [0.1, 0.15) is 5.82 Å². The molecule has 4 aromatic rings. The molecule has 0 atom stereocenters. The molecule has 156 valence electrons. The summed E-state index contributed by atoms with van der Waals surface area (Å²) in [4.78, 5) is 32.0. The number of hydrogen-bond acceptors (Lipinski definition) is 4. The van der Waals surface area contributed by atoms with Crippen LogP contribution in [0.15, 0.2) is 60.1 Å². The molecule has 5 rings (SSSR count). The fourth-order valence-electron chi connectivity index (χ4n) is 3.79. The van der Waals surface area contributed by atoms with E-state index in [0.717, 1.165) is 34.0 Å². The van der Waals surface area contributed by atoms with Gasteiger partial charge in [-0.25, -0.2) is 9.37 Å². The molecule has 0 aliphatic carbocycles. The summed E-state index contributed by atoms with van der Waals surface area (Å²) in [6.45, 7) is 0.665. The van der Waals surface area contributed by atoms with Gasteiger partial charge in [0.2, 0.25) is 11.8 Å².